The first kappa shape index (κ1) is 13.4. The summed E-state index contributed by atoms with van der Waals surface area (Å²) in [6.45, 7) is 6.15. The summed E-state index contributed by atoms with van der Waals surface area (Å²) in [5.41, 5.74) is 1.46. The van der Waals surface area contributed by atoms with E-state index in [2.05, 4.69) is 59.4 Å². The molecule has 0 spiro atoms. The van der Waals surface area contributed by atoms with Gasteiger partial charge >= 0.3 is 0 Å². The maximum atomic E-state index is 5.46. The fourth-order valence-electron chi connectivity index (χ4n) is 1.94. The van der Waals surface area contributed by atoms with Crippen LogP contribution in [0.25, 0.3) is 0 Å². The van der Waals surface area contributed by atoms with Crippen LogP contribution in [0.3, 0.4) is 0 Å². The van der Waals surface area contributed by atoms with E-state index in [0.29, 0.717) is 0 Å². The van der Waals surface area contributed by atoms with Crippen molar-refractivity contribution in [1.82, 2.24) is 5.32 Å². The molecule has 96 valence electrons. The van der Waals surface area contributed by atoms with Crippen molar-refractivity contribution in [2.45, 2.75) is 25.8 Å². The molecule has 1 heterocycles. The van der Waals surface area contributed by atoms with E-state index in [-0.39, 0.29) is 5.41 Å². The Kier molecular flexibility index (Phi) is 4.25. The lowest BCUT2D eigenvalue weighted by Crippen LogP contribution is -2.32. The Labute approximate surface area is 117 Å². The molecule has 1 aromatic heterocycles. The number of furan rings is 1. The normalized spacial score (nSPS) is 11.7. The number of hydrogen-bond acceptors (Lipinski definition) is 2. The van der Waals surface area contributed by atoms with Crippen LogP contribution in [0.15, 0.2) is 51.6 Å². The van der Waals surface area contributed by atoms with Gasteiger partial charge in [0.25, 0.3) is 0 Å². The predicted molar refractivity (Wildman–Crippen MR) is 77.6 cm³/mol. The molecule has 2 rings (SSSR count). The van der Waals surface area contributed by atoms with Gasteiger partial charge in [0.2, 0.25) is 0 Å². The van der Waals surface area contributed by atoms with Crippen LogP contribution >= 0.6 is 15.9 Å². The van der Waals surface area contributed by atoms with E-state index in [1.54, 1.807) is 0 Å². The summed E-state index contributed by atoms with van der Waals surface area (Å²) in [4.78, 5) is 0. The van der Waals surface area contributed by atoms with Crippen molar-refractivity contribution in [2.75, 3.05) is 6.54 Å². The van der Waals surface area contributed by atoms with E-state index < -0.39 is 0 Å². The van der Waals surface area contributed by atoms with Gasteiger partial charge in [-0.3, -0.25) is 0 Å². The minimum atomic E-state index is 0.116. The number of benzene rings is 1. The van der Waals surface area contributed by atoms with Crippen LogP contribution in [0, 0.1) is 0 Å². The predicted octanol–water partition coefficient (Wildman–Crippen LogP) is 4.11. The van der Waals surface area contributed by atoms with Gasteiger partial charge in [0.1, 0.15) is 5.76 Å². The van der Waals surface area contributed by atoms with Gasteiger partial charge in [-0.25, -0.2) is 0 Å². The standard InChI is InChI=1S/C15H18BrNO/c1-15(2,12-6-4-3-5-7-12)11-17-10-13-8-9-14(16)18-13/h3-9,17H,10-11H2,1-2H3. The van der Waals surface area contributed by atoms with Crippen molar-refractivity contribution >= 4 is 15.9 Å². The maximum Gasteiger partial charge on any atom is 0.169 e. The Bertz CT molecular complexity index is 490. The van der Waals surface area contributed by atoms with E-state index >= 15 is 0 Å². The van der Waals surface area contributed by atoms with Gasteiger partial charge in [0, 0.05) is 12.0 Å². The fraction of sp³-hybridized carbons (Fsp3) is 0.333. The van der Waals surface area contributed by atoms with E-state index in [4.69, 9.17) is 4.42 Å². The Hall–Kier alpha value is -1.06. The van der Waals surface area contributed by atoms with E-state index in [0.717, 1.165) is 23.5 Å². The zero-order valence-electron chi connectivity index (χ0n) is 10.7. The van der Waals surface area contributed by atoms with Gasteiger partial charge in [-0.05, 0) is 33.6 Å². The summed E-state index contributed by atoms with van der Waals surface area (Å²) in [6.07, 6.45) is 0. The minimum Gasteiger partial charge on any atom is -0.453 e. The lowest BCUT2D eigenvalue weighted by molar-refractivity contribution is 0.425. The number of rotatable bonds is 5. The van der Waals surface area contributed by atoms with Crippen molar-refractivity contribution in [3.05, 3.63) is 58.5 Å². The zero-order valence-corrected chi connectivity index (χ0v) is 12.3. The molecular weight excluding hydrogens is 290 g/mol. The lowest BCUT2D eigenvalue weighted by Gasteiger charge is -2.25. The third-order valence-corrected chi connectivity index (χ3v) is 3.48. The van der Waals surface area contributed by atoms with E-state index in [1.165, 1.54) is 5.56 Å². The second kappa shape index (κ2) is 5.72. The molecule has 0 fully saturated rings. The summed E-state index contributed by atoms with van der Waals surface area (Å²) in [5, 5.41) is 3.44. The van der Waals surface area contributed by atoms with Crippen LogP contribution in [0.4, 0.5) is 0 Å². The quantitative estimate of drug-likeness (QED) is 0.899. The average Bonchev–Trinajstić information content (AvgIpc) is 2.76. The highest BCUT2D eigenvalue weighted by atomic mass is 79.9. The summed E-state index contributed by atoms with van der Waals surface area (Å²) in [5.74, 6) is 0.950. The van der Waals surface area contributed by atoms with E-state index in [9.17, 15) is 0 Å². The number of nitrogens with one attached hydrogen (secondary N) is 1. The third-order valence-electron chi connectivity index (χ3n) is 3.05. The van der Waals surface area contributed by atoms with Crippen molar-refractivity contribution in [3.8, 4) is 0 Å². The van der Waals surface area contributed by atoms with Gasteiger partial charge in [0.05, 0.1) is 6.54 Å². The van der Waals surface area contributed by atoms with Crippen LogP contribution in [-0.4, -0.2) is 6.54 Å². The molecule has 1 aromatic carbocycles. The monoisotopic (exact) mass is 307 g/mol. The highest BCUT2D eigenvalue weighted by Crippen LogP contribution is 2.22. The first-order chi connectivity index (χ1) is 8.58. The molecular formula is C15H18BrNO. The van der Waals surface area contributed by atoms with Gasteiger partial charge in [0.15, 0.2) is 4.67 Å². The van der Waals surface area contributed by atoms with Crippen molar-refractivity contribution in [3.63, 3.8) is 0 Å². The van der Waals surface area contributed by atoms with Crippen molar-refractivity contribution < 1.29 is 4.42 Å². The van der Waals surface area contributed by atoms with Gasteiger partial charge in [-0.15, -0.1) is 0 Å². The Balaban J connectivity index is 1.89. The Morgan fingerprint density at radius 1 is 1.11 bits per heavy atom. The molecule has 0 aliphatic heterocycles. The molecule has 18 heavy (non-hydrogen) atoms. The molecule has 0 aliphatic carbocycles. The van der Waals surface area contributed by atoms with E-state index in [1.807, 2.05) is 18.2 Å². The molecule has 0 radical (unpaired) electrons. The van der Waals surface area contributed by atoms with Gasteiger partial charge < -0.3 is 9.73 Å². The molecule has 0 saturated carbocycles. The molecule has 3 heteroatoms. The molecule has 0 amide bonds. The first-order valence-electron chi connectivity index (χ1n) is 6.08. The molecule has 0 bridgehead atoms. The first-order valence-corrected chi connectivity index (χ1v) is 6.88. The topological polar surface area (TPSA) is 25.2 Å². The van der Waals surface area contributed by atoms with Crippen LogP contribution in [0.1, 0.15) is 25.2 Å². The molecule has 0 aliphatic rings. The molecule has 0 atom stereocenters. The second-order valence-electron chi connectivity index (χ2n) is 5.06. The van der Waals surface area contributed by atoms with Crippen molar-refractivity contribution in [2.24, 2.45) is 0 Å². The smallest absolute Gasteiger partial charge is 0.169 e. The Morgan fingerprint density at radius 3 is 2.44 bits per heavy atom. The van der Waals surface area contributed by atoms with Crippen LogP contribution in [-0.2, 0) is 12.0 Å². The molecule has 0 saturated heterocycles. The van der Waals surface area contributed by atoms with Crippen LogP contribution in [0.5, 0.6) is 0 Å². The van der Waals surface area contributed by atoms with Gasteiger partial charge in [-0.1, -0.05) is 44.2 Å². The minimum absolute atomic E-state index is 0.116. The lowest BCUT2D eigenvalue weighted by atomic mass is 9.84. The number of hydrogen-bond donors (Lipinski definition) is 1. The Morgan fingerprint density at radius 2 is 1.83 bits per heavy atom. The third kappa shape index (κ3) is 3.47. The van der Waals surface area contributed by atoms with Crippen LogP contribution < -0.4 is 5.32 Å². The maximum absolute atomic E-state index is 5.46. The molecule has 0 unspecified atom stereocenters. The zero-order chi connectivity index (χ0) is 13.0. The fourth-order valence-corrected chi connectivity index (χ4v) is 2.28. The van der Waals surface area contributed by atoms with Crippen molar-refractivity contribution in [1.29, 1.82) is 0 Å². The SMILES string of the molecule is CC(C)(CNCc1ccc(Br)o1)c1ccccc1. The van der Waals surface area contributed by atoms with Crippen LogP contribution in [0.2, 0.25) is 0 Å². The molecule has 2 aromatic rings. The summed E-state index contributed by atoms with van der Waals surface area (Å²) >= 11 is 3.31. The molecule has 2 nitrogen and oxygen atoms in total. The summed E-state index contributed by atoms with van der Waals surface area (Å²) in [7, 11) is 0. The largest absolute Gasteiger partial charge is 0.453 e. The second-order valence-corrected chi connectivity index (χ2v) is 5.84. The summed E-state index contributed by atoms with van der Waals surface area (Å²) in [6, 6.07) is 14.5. The highest BCUT2D eigenvalue weighted by Gasteiger charge is 2.19. The summed E-state index contributed by atoms with van der Waals surface area (Å²) < 4.78 is 6.24. The number of halogens is 1. The average molecular weight is 308 g/mol. The van der Waals surface area contributed by atoms with Gasteiger partial charge in [-0.2, -0.15) is 0 Å². The highest BCUT2D eigenvalue weighted by molar-refractivity contribution is 9.10. The molecule has 1 N–H and O–H groups in total.